The molecule has 1 aliphatic heterocycles. The number of hydrogen-bond donors (Lipinski definition) is 5. The molecule has 1 atom stereocenters. The van der Waals surface area contributed by atoms with E-state index in [9.17, 15) is 4.79 Å². The van der Waals surface area contributed by atoms with E-state index >= 15 is 0 Å². The van der Waals surface area contributed by atoms with E-state index < -0.39 is 0 Å². The second-order valence-electron chi connectivity index (χ2n) is 4.36. The number of rotatable bonds is 3. The second-order valence-corrected chi connectivity index (χ2v) is 4.36. The molecule has 0 aromatic carbocycles. The number of nitrogens with zero attached hydrogens (tertiary/aromatic N) is 3. The third-order valence-corrected chi connectivity index (χ3v) is 3.05. The minimum atomic E-state index is 0.0820. The van der Waals surface area contributed by atoms with Gasteiger partial charge in [-0.25, -0.2) is 5.84 Å². The van der Waals surface area contributed by atoms with Crippen LogP contribution in [0.1, 0.15) is 12.8 Å². The maximum Gasteiger partial charge on any atom is 0.241 e. The van der Waals surface area contributed by atoms with Gasteiger partial charge in [0.1, 0.15) is 5.82 Å². The van der Waals surface area contributed by atoms with Crippen LogP contribution in [0.4, 0.5) is 11.8 Å². The summed E-state index contributed by atoms with van der Waals surface area (Å²) in [6, 6.07) is 0.135. The molecule has 1 unspecified atom stereocenters. The molecule has 6 N–H and O–H groups in total. The third kappa shape index (κ3) is 2.27. The normalized spacial score (nSPS) is 19.2. The summed E-state index contributed by atoms with van der Waals surface area (Å²) in [6.45, 7) is 0.577. The molecule has 0 radical (unpaired) electrons. The van der Waals surface area contributed by atoms with E-state index in [-0.39, 0.29) is 11.9 Å². The van der Waals surface area contributed by atoms with Gasteiger partial charge >= 0.3 is 0 Å². The molecule has 0 saturated carbocycles. The molecule has 2 aromatic heterocycles. The number of hydrazine groups is 1. The molecule has 3 heterocycles. The van der Waals surface area contributed by atoms with Crippen molar-refractivity contribution in [3.63, 3.8) is 0 Å². The van der Waals surface area contributed by atoms with Crippen LogP contribution in [-0.4, -0.2) is 38.7 Å². The summed E-state index contributed by atoms with van der Waals surface area (Å²) in [7, 11) is 0. The van der Waals surface area contributed by atoms with Crippen LogP contribution in [0, 0.1) is 0 Å². The average Bonchev–Trinajstić information content (AvgIpc) is 2.89. The fraction of sp³-hybridized carbons (Fsp3) is 0.400. The monoisotopic (exact) mass is 262 g/mol. The van der Waals surface area contributed by atoms with Crippen molar-refractivity contribution in [3.05, 3.63) is 6.20 Å². The number of fused-ring (bicyclic) bond motifs is 1. The molecule has 19 heavy (non-hydrogen) atoms. The van der Waals surface area contributed by atoms with Crippen LogP contribution in [0.2, 0.25) is 0 Å². The van der Waals surface area contributed by atoms with Crippen LogP contribution in [-0.2, 0) is 4.79 Å². The highest BCUT2D eigenvalue weighted by Crippen LogP contribution is 2.21. The molecule has 1 fully saturated rings. The molecule has 1 amide bonds. The van der Waals surface area contributed by atoms with E-state index in [1.165, 1.54) is 0 Å². The molecule has 9 heteroatoms. The maximum absolute atomic E-state index is 11.1. The lowest BCUT2D eigenvalue weighted by molar-refractivity contribution is -0.122. The largest absolute Gasteiger partial charge is 0.365 e. The molecule has 0 aliphatic carbocycles. The van der Waals surface area contributed by atoms with Crippen molar-refractivity contribution in [2.24, 2.45) is 5.84 Å². The van der Waals surface area contributed by atoms with Crippen LogP contribution in [0.25, 0.3) is 11.0 Å². The zero-order valence-electron chi connectivity index (χ0n) is 10.1. The number of carbonyl (C=O) groups excluding carboxylic acids is 1. The average molecular weight is 262 g/mol. The van der Waals surface area contributed by atoms with Gasteiger partial charge in [-0.05, 0) is 6.42 Å². The lowest BCUT2D eigenvalue weighted by Crippen LogP contribution is -2.42. The van der Waals surface area contributed by atoms with E-state index in [0.29, 0.717) is 30.4 Å². The van der Waals surface area contributed by atoms with Crippen molar-refractivity contribution >= 4 is 28.7 Å². The number of hydrogen-bond acceptors (Lipinski definition) is 7. The molecular weight excluding hydrogens is 248 g/mol. The molecule has 100 valence electrons. The van der Waals surface area contributed by atoms with Gasteiger partial charge in [0, 0.05) is 19.0 Å². The zero-order chi connectivity index (χ0) is 13.2. The van der Waals surface area contributed by atoms with Crippen LogP contribution in [0.15, 0.2) is 6.20 Å². The van der Waals surface area contributed by atoms with E-state index in [2.05, 4.69) is 36.2 Å². The van der Waals surface area contributed by atoms with Gasteiger partial charge in [0.05, 0.1) is 11.6 Å². The first-order valence-electron chi connectivity index (χ1n) is 5.97. The molecule has 9 nitrogen and oxygen atoms in total. The van der Waals surface area contributed by atoms with Gasteiger partial charge in [0.15, 0.2) is 5.65 Å². The van der Waals surface area contributed by atoms with Crippen molar-refractivity contribution in [2.75, 3.05) is 17.3 Å². The Bertz CT molecular complexity index is 599. The first kappa shape index (κ1) is 11.7. The van der Waals surface area contributed by atoms with E-state index in [1.807, 2.05) is 0 Å². The number of amides is 1. The molecule has 0 bridgehead atoms. The molecular formula is C10H14N8O. The minimum Gasteiger partial charge on any atom is -0.365 e. The lowest BCUT2D eigenvalue weighted by Gasteiger charge is -2.24. The topological polar surface area (TPSA) is 134 Å². The number of nitrogens with one attached hydrogen (secondary N) is 4. The van der Waals surface area contributed by atoms with E-state index in [4.69, 9.17) is 5.84 Å². The summed E-state index contributed by atoms with van der Waals surface area (Å²) >= 11 is 0. The van der Waals surface area contributed by atoms with Gasteiger partial charge in [-0.15, -0.1) is 0 Å². The van der Waals surface area contributed by atoms with Crippen molar-refractivity contribution in [1.29, 1.82) is 0 Å². The van der Waals surface area contributed by atoms with Crippen molar-refractivity contribution in [1.82, 2.24) is 25.5 Å². The zero-order valence-corrected chi connectivity index (χ0v) is 10.1. The predicted octanol–water partition coefficient (Wildman–Crippen LogP) is -0.671. The fourth-order valence-corrected chi connectivity index (χ4v) is 2.06. The molecule has 1 saturated heterocycles. The summed E-state index contributed by atoms with van der Waals surface area (Å²) in [5, 5.41) is 13.6. The van der Waals surface area contributed by atoms with Gasteiger partial charge in [0.2, 0.25) is 11.9 Å². The van der Waals surface area contributed by atoms with Crippen molar-refractivity contribution in [2.45, 2.75) is 18.9 Å². The molecule has 2 aromatic rings. The summed E-state index contributed by atoms with van der Waals surface area (Å²) in [4.78, 5) is 19.5. The Hall–Kier alpha value is -2.42. The summed E-state index contributed by atoms with van der Waals surface area (Å²) in [5.41, 5.74) is 3.02. The Morgan fingerprint density at radius 1 is 1.42 bits per heavy atom. The third-order valence-electron chi connectivity index (χ3n) is 3.05. The quantitative estimate of drug-likeness (QED) is 0.366. The number of aromatic nitrogens is 4. The summed E-state index contributed by atoms with van der Waals surface area (Å²) < 4.78 is 0. The number of aromatic amines is 1. The van der Waals surface area contributed by atoms with Crippen LogP contribution in [0.3, 0.4) is 0 Å². The standard InChI is InChI=1S/C10H14N8O/c11-17-10-15-8(6-4-13-18-9(6)16-10)14-5-1-2-7(19)12-3-5/h4-5H,1-3,11H2,(H,12,19)(H3,13,14,15,16,17,18). The molecule has 0 spiro atoms. The number of H-pyrrole nitrogens is 1. The highest BCUT2D eigenvalue weighted by atomic mass is 16.1. The maximum atomic E-state index is 11.1. The number of nitrogen functional groups attached to an aromatic ring is 1. The minimum absolute atomic E-state index is 0.0820. The highest BCUT2D eigenvalue weighted by Gasteiger charge is 2.19. The smallest absolute Gasteiger partial charge is 0.241 e. The van der Waals surface area contributed by atoms with Gasteiger partial charge < -0.3 is 10.6 Å². The SMILES string of the molecule is NNc1nc(NC2CCC(=O)NC2)c2cn[nH]c2n1. The summed E-state index contributed by atoms with van der Waals surface area (Å²) in [5.74, 6) is 6.37. The lowest BCUT2D eigenvalue weighted by atomic mass is 10.1. The van der Waals surface area contributed by atoms with Crippen LogP contribution in [0.5, 0.6) is 0 Å². The van der Waals surface area contributed by atoms with E-state index in [0.717, 1.165) is 11.8 Å². The fourth-order valence-electron chi connectivity index (χ4n) is 2.06. The Morgan fingerprint density at radius 2 is 2.32 bits per heavy atom. The Morgan fingerprint density at radius 3 is 3.05 bits per heavy atom. The Kier molecular flexibility index (Phi) is 2.88. The number of piperidine rings is 1. The molecule has 3 rings (SSSR count). The first-order valence-corrected chi connectivity index (χ1v) is 5.97. The first-order chi connectivity index (χ1) is 9.26. The van der Waals surface area contributed by atoms with Crippen LogP contribution >= 0.6 is 0 Å². The predicted molar refractivity (Wildman–Crippen MR) is 69.1 cm³/mol. The Labute approximate surface area is 108 Å². The summed E-state index contributed by atoms with van der Waals surface area (Å²) in [6.07, 6.45) is 2.93. The van der Waals surface area contributed by atoms with Gasteiger partial charge in [0.25, 0.3) is 0 Å². The Balaban J connectivity index is 1.87. The number of anilines is 2. The number of carbonyl (C=O) groups is 1. The number of nitrogens with two attached hydrogens (primary N) is 1. The van der Waals surface area contributed by atoms with E-state index in [1.54, 1.807) is 6.20 Å². The van der Waals surface area contributed by atoms with Crippen molar-refractivity contribution in [3.8, 4) is 0 Å². The highest BCUT2D eigenvalue weighted by molar-refractivity contribution is 5.87. The van der Waals surface area contributed by atoms with Crippen molar-refractivity contribution < 1.29 is 4.79 Å². The molecule has 1 aliphatic rings. The van der Waals surface area contributed by atoms with Crippen LogP contribution < -0.4 is 21.9 Å². The van der Waals surface area contributed by atoms with Gasteiger partial charge in [-0.3, -0.25) is 15.3 Å². The second kappa shape index (κ2) is 4.69. The van der Waals surface area contributed by atoms with Gasteiger partial charge in [-0.2, -0.15) is 15.1 Å². The van der Waals surface area contributed by atoms with Gasteiger partial charge in [-0.1, -0.05) is 0 Å².